The fourth-order valence-electron chi connectivity index (χ4n) is 2.59. The van der Waals surface area contributed by atoms with Gasteiger partial charge in [-0.1, -0.05) is 20.3 Å². The van der Waals surface area contributed by atoms with Gasteiger partial charge >= 0.3 is 5.97 Å². The van der Waals surface area contributed by atoms with Crippen LogP contribution >= 0.6 is 0 Å². The van der Waals surface area contributed by atoms with Crippen LogP contribution in [-0.2, 0) is 4.74 Å². The molecule has 1 aliphatic carbocycles. The Morgan fingerprint density at radius 1 is 1.53 bits per heavy atom. The van der Waals surface area contributed by atoms with Gasteiger partial charge in [0.2, 0.25) is 0 Å². The topological polar surface area (TPSA) is 51.2 Å². The molecular weight excluding hydrogens is 240 g/mol. The molecule has 1 atom stereocenters. The molecule has 1 saturated carbocycles. The summed E-state index contributed by atoms with van der Waals surface area (Å²) in [4.78, 5) is 15.8. The van der Waals surface area contributed by atoms with Crippen molar-refractivity contribution in [2.45, 2.75) is 46.1 Å². The average molecular weight is 262 g/mol. The molecule has 2 rings (SSSR count). The molecule has 1 aromatic rings. The van der Waals surface area contributed by atoms with Crippen molar-refractivity contribution in [2.24, 2.45) is 5.41 Å². The molecule has 0 bridgehead atoms. The van der Waals surface area contributed by atoms with E-state index in [0.717, 1.165) is 5.82 Å². The first kappa shape index (κ1) is 13.8. The average Bonchev–Trinajstić information content (AvgIpc) is 2.70. The Hall–Kier alpha value is -1.58. The highest BCUT2D eigenvalue weighted by atomic mass is 16.5. The van der Waals surface area contributed by atoms with E-state index in [2.05, 4.69) is 24.1 Å². The highest BCUT2D eigenvalue weighted by Crippen LogP contribution is 2.38. The van der Waals surface area contributed by atoms with Gasteiger partial charge in [0.05, 0.1) is 12.2 Å². The first-order chi connectivity index (χ1) is 9.03. The number of carbonyl (C=O) groups excluding carboxylic acids is 1. The zero-order valence-electron chi connectivity index (χ0n) is 11.9. The third kappa shape index (κ3) is 3.25. The molecule has 1 N–H and O–H groups in total. The van der Waals surface area contributed by atoms with Crippen LogP contribution in [-0.4, -0.2) is 23.6 Å². The molecule has 1 unspecified atom stereocenters. The minimum atomic E-state index is -0.317. The second-order valence-corrected chi connectivity index (χ2v) is 5.73. The summed E-state index contributed by atoms with van der Waals surface area (Å²) < 4.78 is 4.93. The molecule has 19 heavy (non-hydrogen) atoms. The number of aromatic nitrogens is 1. The Kier molecular flexibility index (Phi) is 4.08. The number of nitrogens with zero attached hydrogens (tertiary/aromatic N) is 1. The highest BCUT2D eigenvalue weighted by Gasteiger charge is 2.34. The van der Waals surface area contributed by atoms with Crippen LogP contribution in [0.25, 0.3) is 0 Å². The van der Waals surface area contributed by atoms with E-state index in [4.69, 9.17) is 4.74 Å². The van der Waals surface area contributed by atoms with Gasteiger partial charge in [-0.05, 0) is 37.3 Å². The molecule has 1 fully saturated rings. The summed E-state index contributed by atoms with van der Waals surface area (Å²) in [5, 5.41) is 3.47. The van der Waals surface area contributed by atoms with Crippen LogP contribution in [0.2, 0.25) is 0 Å². The maximum absolute atomic E-state index is 11.5. The van der Waals surface area contributed by atoms with Crippen LogP contribution in [0, 0.1) is 5.41 Å². The van der Waals surface area contributed by atoms with Crippen LogP contribution in [0.1, 0.15) is 50.4 Å². The predicted molar refractivity (Wildman–Crippen MR) is 75.2 cm³/mol. The Bertz CT molecular complexity index is 440. The Morgan fingerprint density at radius 2 is 2.32 bits per heavy atom. The van der Waals surface area contributed by atoms with Crippen molar-refractivity contribution >= 4 is 11.8 Å². The van der Waals surface area contributed by atoms with Gasteiger partial charge in [-0.15, -0.1) is 0 Å². The lowest BCUT2D eigenvalue weighted by molar-refractivity contribution is 0.0526. The first-order valence-electron chi connectivity index (χ1n) is 6.92. The van der Waals surface area contributed by atoms with E-state index in [0.29, 0.717) is 23.6 Å². The molecule has 4 heteroatoms. The predicted octanol–water partition coefficient (Wildman–Crippen LogP) is 3.25. The Labute approximate surface area is 114 Å². The summed E-state index contributed by atoms with van der Waals surface area (Å²) in [6.45, 7) is 6.74. The van der Waals surface area contributed by atoms with Crippen molar-refractivity contribution in [3.05, 3.63) is 23.9 Å². The van der Waals surface area contributed by atoms with Crippen molar-refractivity contribution in [1.29, 1.82) is 0 Å². The second-order valence-electron chi connectivity index (χ2n) is 5.73. The van der Waals surface area contributed by atoms with Gasteiger partial charge in [0.15, 0.2) is 0 Å². The zero-order valence-corrected chi connectivity index (χ0v) is 11.9. The van der Waals surface area contributed by atoms with Gasteiger partial charge < -0.3 is 10.1 Å². The number of rotatable bonds is 4. The third-order valence-corrected chi connectivity index (χ3v) is 3.85. The van der Waals surface area contributed by atoms with E-state index in [9.17, 15) is 4.79 Å². The van der Waals surface area contributed by atoms with Gasteiger partial charge in [0.25, 0.3) is 0 Å². The quantitative estimate of drug-likeness (QED) is 0.846. The molecule has 0 aromatic carbocycles. The van der Waals surface area contributed by atoms with Gasteiger partial charge in [-0.2, -0.15) is 0 Å². The Balaban J connectivity index is 2.01. The molecule has 1 aromatic heterocycles. The lowest BCUT2D eigenvalue weighted by Gasteiger charge is -2.28. The van der Waals surface area contributed by atoms with Crippen molar-refractivity contribution in [3.63, 3.8) is 0 Å². The molecule has 1 aliphatic rings. The number of ether oxygens (including phenoxy) is 1. The summed E-state index contributed by atoms with van der Waals surface area (Å²) in [6.07, 6.45) is 5.24. The van der Waals surface area contributed by atoms with Gasteiger partial charge in [-0.25, -0.2) is 9.78 Å². The first-order valence-corrected chi connectivity index (χ1v) is 6.92. The highest BCUT2D eigenvalue weighted by molar-refractivity contribution is 5.89. The van der Waals surface area contributed by atoms with Crippen LogP contribution in [0.15, 0.2) is 18.3 Å². The van der Waals surface area contributed by atoms with E-state index >= 15 is 0 Å². The maximum atomic E-state index is 11.5. The van der Waals surface area contributed by atoms with Crippen molar-refractivity contribution in [1.82, 2.24) is 4.98 Å². The van der Waals surface area contributed by atoms with Crippen LogP contribution in [0.4, 0.5) is 5.82 Å². The summed E-state index contributed by atoms with van der Waals surface area (Å²) >= 11 is 0. The van der Waals surface area contributed by atoms with Crippen LogP contribution < -0.4 is 5.32 Å². The standard InChI is InChI=1S/C15H22N2O2/c1-4-19-14(18)11-7-8-13(16-10-11)17-12-6-5-9-15(12,2)3/h7-8,10,12H,4-6,9H2,1-3H3,(H,16,17). The number of hydrogen-bond donors (Lipinski definition) is 1. The monoisotopic (exact) mass is 262 g/mol. The van der Waals surface area contributed by atoms with Crippen LogP contribution in [0.5, 0.6) is 0 Å². The minimum absolute atomic E-state index is 0.307. The minimum Gasteiger partial charge on any atom is -0.462 e. The number of nitrogens with one attached hydrogen (secondary N) is 1. The molecular formula is C15H22N2O2. The van der Waals surface area contributed by atoms with Gasteiger partial charge in [0, 0.05) is 12.2 Å². The van der Waals surface area contributed by atoms with Crippen molar-refractivity contribution < 1.29 is 9.53 Å². The van der Waals surface area contributed by atoms with E-state index in [1.54, 1.807) is 19.2 Å². The van der Waals surface area contributed by atoms with Gasteiger partial charge in [-0.3, -0.25) is 0 Å². The fraction of sp³-hybridized carbons (Fsp3) is 0.600. The summed E-state index contributed by atoms with van der Waals surface area (Å²) in [5.41, 5.74) is 0.805. The number of pyridine rings is 1. The number of anilines is 1. The van der Waals surface area contributed by atoms with E-state index in [-0.39, 0.29) is 5.97 Å². The van der Waals surface area contributed by atoms with E-state index in [1.807, 2.05) is 6.07 Å². The SMILES string of the molecule is CCOC(=O)c1ccc(NC2CCCC2(C)C)nc1. The second kappa shape index (κ2) is 5.59. The maximum Gasteiger partial charge on any atom is 0.339 e. The van der Waals surface area contributed by atoms with E-state index in [1.165, 1.54) is 19.3 Å². The molecule has 0 aliphatic heterocycles. The number of carbonyl (C=O) groups is 1. The molecule has 4 nitrogen and oxygen atoms in total. The number of hydrogen-bond acceptors (Lipinski definition) is 4. The van der Waals surface area contributed by atoms with Crippen LogP contribution in [0.3, 0.4) is 0 Å². The van der Waals surface area contributed by atoms with Crippen molar-refractivity contribution in [3.8, 4) is 0 Å². The fourth-order valence-corrected chi connectivity index (χ4v) is 2.59. The largest absolute Gasteiger partial charge is 0.462 e. The molecule has 0 radical (unpaired) electrons. The zero-order chi connectivity index (χ0) is 13.9. The molecule has 1 heterocycles. The summed E-state index contributed by atoms with van der Waals surface area (Å²) in [6, 6.07) is 4.06. The summed E-state index contributed by atoms with van der Waals surface area (Å²) in [7, 11) is 0. The third-order valence-electron chi connectivity index (χ3n) is 3.85. The molecule has 0 saturated heterocycles. The molecule has 0 amide bonds. The molecule has 104 valence electrons. The smallest absolute Gasteiger partial charge is 0.339 e. The number of esters is 1. The molecule has 0 spiro atoms. The van der Waals surface area contributed by atoms with E-state index < -0.39 is 0 Å². The van der Waals surface area contributed by atoms with Gasteiger partial charge in [0.1, 0.15) is 5.82 Å². The van der Waals surface area contributed by atoms with Crippen molar-refractivity contribution in [2.75, 3.05) is 11.9 Å². The normalized spacial score (nSPS) is 21.1. The Morgan fingerprint density at radius 3 is 2.84 bits per heavy atom. The lowest BCUT2D eigenvalue weighted by atomic mass is 9.87. The summed E-state index contributed by atoms with van der Waals surface area (Å²) in [5.74, 6) is 0.510. The lowest BCUT2D eigenvalue weighted by Crippen LogP contribution is -2.31.